The first-order chi connectivity index (χ1) is 13.2. The van der Waals surface area contributed by atoms with Gasteiger partial charge in [0, 0.05) is 13.1 Å². The monoisotopic (exact) mass is 403 g/mol. The van der Waals surface area contributed by atoms with Gasteiger partial charge in [0.1, 0.15) is 5.75 Å². The minimum Gasteiger partial charge on any atom is -0.423 e. The highest BCUT2D eigenvalue weighted by Gasteiger charge is 2.26. The number of sulfonamides is 1. The minimum atomic E-state index is -3.58. The Morgan fingerprint density at radius 3 is 2.07 bits per heavy atom. The molecule has 0 unspecified atom stereocenters. The second-order valence-corrected chi connectivity index (χ2v) is 9.64. The van der Waals surface area contributed by atoms with E-state index in [1.165, 1.54) is 28.6 Å². The predicted octanol–water partition coefficient (Wildman–Crippen LogP) is 3.22. The van der Waals surface area contributed by atoms with E-state index in [9.17, 15) is 13.2 Å². The molecule has 0 radical (unpaired) electrons. The molecule has 3 rings (SSSR count). The quantitative estimate of drug-likeness (QED) is 0.579. The summed E-state index contributed by atoms with van der Waals surface area (Å²) in [6.07, 6.45) is 0. The maximum atomic E-state index is 12.6. The maximum absolute atomic E-state index is 12.6. The molecular formula is C21H25NO5S. The first kappa shape index (κ1) is 20.5. The molecule has 0 aromatic heterocycles. The van der Waals surface area contributed by atoms with Crippen LogP contribution >= 0.6 is 0 Å². The van der Waals surface area contributed by atoms with Crippen molar-refractivity contribution < 1.29 is 22.7 Å². The number of ether oxygens (including phenoxy) is 2. The molecule has 1 heterocycles. The minimum absolute atomic E-state index is 0.0182. The number of esters is 1. The molecule has 0 saturated carbocycles. The number of carbonyl (C=O) groups excluding carboxylic acids is 1. The van der Waals surface area contributed by atoms with Gasteiger partial charge in [-0.25, -0.2) is 13.2 Å². The highest BCUT2D eigenvalue weighted by Crippen LogP contribution is 2.25. The van der Waals surface area contributed by atoms with E-state index in [2.05, 4.69) is 20.8 Å². The summed E-state index contributed by atoms with van der Waals surface area (Å²) < 4.78 is 37.2. The van der Waals surface area contributed by atoms with Crippen molar-refractivity contribution in [1.29, 1.82) is 0 Å². The Morgan fingerprint density at radius 2 is 1.54 bits per heavy atom. The second-order valence-electron chi connectivity index (χ2n) is 7.70. The van der Waals surface area contributed by atoms with E-state index in [4.69, 9.17) is 9.47 Å². The van der Waals surface area contributed by atoms with Gasteiger partial charge in [-0.1, -0.05) is 32.9 Å². The number of hydrogen-bond acceptors (Lipinski definition) is 5. The molecule has 150 valence electrons. The lowest BCUT2D eigenvalue weighted by atomic mass is 9.87. The number of carbonyl (C=O) groups is 1. The molecule has 28 heavy (non-hydrogen) atoms. The summed E-state index contributed by atoms with van der Waals surface area (Å²) in [5, 5.41) is 0. The first-order valence-electron chi connectivity index (χ1n) is 9.18. The Balaban J connectivity index is 1.70. The van der Waals surface area contributed by atoms with Crippen LogP contribution in [0.15, 0.2) is 53.4 Å². The van der Waals surface area contributed by atoms with Gasteiger partial charge < -0.3 is 9.47 Å². The third-order valence-electron chi connectivity index (χ3n) is 4.63. The Kier molecular flexibility index (Phi) is 5.88. The van der Waals surface area contributed by atoms with E-state index in [-0.39, 0.29) is 10.3 Å². The molecule has 0 bridgehead atoms. The zero-order chi connectivity index (χ0) is 20.4. The summed E-state index contributed by atoms with van der Waals surface area (Å²) in [6.45, 7) is 7.77. The number of rotatable bonds is 4. The van der Waals surface area contributed by atoms with Crippen molar-refractivity contribution in [3.8, 4) is 5.75 Å². The maximum Gasteiger partial charge on any atom is 0.343 e. The molecule has 6 nitrogen and oxygen atoms in total. The van der Waals surface area contributed by atoms with Crippen LogP contribution in [0.3, 0.4) is 0 Å². The van der Waals surface area contributed by atoms with E-state index in [1.807, 2.05) is 12.1 Å². The van der Waals surface area contributed by atoms with Crippen LogP contribution in [-0.4, -0.2) is 45.0 Å². The van der Waals surface area contributed by atoms with Gasteiger partial charge in [-0.2, -0.15) is 4.31 Å². The zero-order valence-corrected chi connectivity index (χ0v) is 17.2. The molecule has 1 aliphatic heterocycles. The van der Waals surface area contributed by atoms with E-state index in [0.717, 1.165) is 5.56 Å². The summed E-state index contributed by atoms with van der Waals surface area (Å²) in [7, 11) is -3.58. The fourth-order valence-corrected chi connectivity index (χ4v) is 4.30. The molecule has 1 saturated heterocycles. The van der Waals surface area contributed by atoms with E-state index in [0.29, 0.717) is 37.6 Å². The Bertz CT molecular complexity index is 922. The topological polar surface area (TPSA) is 72.9 Å². The standard InChI is InChI=1S/C21H25NO5S/c1-21(2,3)17-6-8-18(9-7-17)27-20(23)16-4-10-19(11-5-16)28(24,25)22-12-14-26-15-13-22/h4-11H,12-15H2,1-3H3. The molecule has 0 N–H and O–H groups in total. The highest BCUT2D eigenvalue weighted by molar-refractivity contribution is 7.89. The van der Waals surface area contributed by atoms with Crippen molar-refractivity contribution in [3.63, 3.8) is 0 Å². The molecule has 1 aliphatic rings. The van der Waals surface area contributed by atoms with Gasteiger partial charge in [0.05, 0.1) is 23.7 Å². The van der Waals surface area contributed by atoms with E-state index >= 15 is 0 Å². The van der Waals surface area contributed by atoms with Crippen molar-refractivity contribution in [2.24, 2.45) is 0 Å². The van der Waals surface area contributed by atoms with E-state index in [1.54, 1.807) is 12.1 Å². The summed E-state index contributed by atoms with van der Waals surface area (Å²) in [5.74, 6) is -0.0816. The lowest BCUT2D eigenvalue weighted by molar-refractivity contribution is 0.0730. The average molecular weight is 404 g/mol. The Labute approximate surface area is 166 Å². The fraction of sp³-hybridized carbons (Fsp3) is 0.381. The Hall–Kier alpha value is -2.22. The van der Waals surface area contributed by atoms with Gasteiger partial charge >= 0.3 is 5.97 Å². The van der Waals surface area contributed by atoms with Crippen LogP contribution in [0.1, 0.15) is 36.7 Å². The summed E-state index contributed by atoms with van der Waals surface area (Å²) in [6, 6.07) is 13.2. The number of nitrogens with zero attached hydrogens (tertiary/aromatic N) is 1. The highest BCUT2D eigenvalue weighted by atomic mass is 32.2. The summed E-state index contributed by atoms with van der Waals surface area (Å²) in [4.78, 5) is 12.5. The van der Waals surface area contributed by atoms with Crippen molar-refractivity contribution in [3.05, 3.63) is 59.7 Å². The third kappa shape index (κ3) is 4.60. The van der Waals surface area contributed by atoms with E-state index < -0.39 is 16.0 Å². The number of benzene rings is 2. The number of morpholine rings is 1. The van der Waals surface area contributed by atoms with Gasteiger partial charge in [0.2, 0.25) is 10.0 Å². The fourth-order valence-electron chi connectivity index (χ4n) is 2.89. The van der Waals surface area contributed by atoms with Gasteiger partial charge in [-0.05, 0) is 47.4 Å². The number of hydrogen-bond donors (Lipinski definition) is 0. The zero-order valence-electron chi connectivity index (χ0n) is 16.3. The normalized spacial score (nSPS) is 16.0. The van der Waals surface area contributed by atoms with Crippen LogP contribution < -0.4 is 4.74 Å². The molecule has 0 atom stereocenters. The van der Waals surface area contributed by atoms with Crippen LogP contribution in [-0.2, 0) is 20.2 Å². The SMILES string of the molecule is CC(C)(C)c1ccc(OC(=O)c2ccc(S(=O)(=O)N3CCOCC3)cc2)cc1. The molecule has 7 heteroatoms. The summed E-state index contributed by atoms with van der Waals surface area (Å²) >= 11 is 0. The molecular weight excluding hydrogens is 378 g/mol. The van der Waals surface area contributed by atoms with Gasteiger partial charge in [-0.15, -0.1) is 0 Å². The molecule has 2 aromatic rings. The van der Waals surface area contributed by atoms with Crippen LogP contribution in [0.2, 0.25) is 0 Å². The van der Waals surface area contributed by atoms with Crippen molar-refractivity contribution in [1.82, 2.24) is 4.31 Å². The summed E-state index contributed by atoms with van der Waals surface area (Å²) in [5.41, 5.74) is 1.45. The van der Waals surface area contributed by atoms with Crippen LogP contribution in [0.5, 0.6) is 5.75 Å². The van der Waals surface area contributed by atoms with Crippen molar-refractivity contribution in [2.75, 3.05) is 26.3 Å². The molecule has 0 amide bonds. The van der Waals surface area contributed by atoms with Gasteiger partial charge in [0.25, 0.3) is 0 Å². The first-order valence-corrected chi connectivity index (χ1v) is 10.6. The second kappa shape index (κ2) is 8.03. The van der Waals surface area contributed by atoms with Crippen LogP contribution in [0.4, 0.5) is 0 Å². The van der Waals surface area contributed by atoms with Crippen molar-refractivity contribution >= 4 is 16.0 Å². The molecule has 0 spiro atoms. The molecule has 1 fully saturated rings. The van der Waals surface area contributed by atoms with Crippen LogP contribution in [0, 0.1) is 0 Å². The lowest BCUT2D eigenvalue weighted by Crippen LogP contribution is -2.40. The van der Waals surface area contributed by atoms with Gasteiger partial charge in [0.15, 0.2) is 0 Å². The van der Waals surface area contributed by atoms with Crippen LogP contribution in [0.25, 0.3) is 0 Å². The largest absolute Gasteiger partial charge is 0.423 e. The predicted molar refractivity (Wildman–Crippen MR) is 106 cm³/mol. The van der Waals surface area contributed by atoms with Crippen molar-refractivity contribution in [2.45, 2.75) is 31.1 Å². The van der Waals surface area contributed by atoms with Gasteiger partial charge in [-0.3, -0.25) is 0 Å². The average Bonchev–Trinajstić information content (AvgIpc) is 2.68. The third-order valence-corrected chi connectivity index (χ3v) is 6.54. The molecule has 2 aromatic carbocycles. The molecule has 0 aliphatic carbocycles. The smallest absolute Gasteiger partial charge is 0.343 e. The Morgan fingerprint density at radius 1 is 0.964 bits per heavy atom. The lowest BCUT2D eigenvalue weighted by Gasteiger charge is -2.26.